The molecule has 0 bridgehead atoms. The maximum absolute atomic E-state index is 13.2. The van der Waals surface area contributed by atoms with Gasteiger partial charge in [0.25, 0.3) is 0 Å². The van der Waals surface area contributed by atoms with Crippen molar-refractivity contribution in [2.45, 2.75) is 26.7 Å². The molecule has 1 aromatic carbocycles. The van der Waals surface area contributed by atoms with E-state index in [-0.39, 0.29) is 17.1 Å². The number of benzene rings is 1. The topological polar surface area (TPSA) is 50.4 Å². The molecule has 1 unspecified atom stereocenters. The van der Waals surface area contributed by atoms with E-state index in [4.69, 9.17) is 4.74 Å². The minimum atomic E-state index is -0.377. The van der Waals surface area contributed by atoms with Gasteiger partial charge in [-0.1, -0.05) is 6.92 Å². The Labute approximate surface area is 118 Å². The Morgan fingerprint density at radius 1 is 1.50 bits per heavy atom. The average molecular weight is 280 g/mol. The summed E-state index contributed by atoms with van der Waals surface area (Å²) in [7, 11) is 0. The molecule has 0 spiro atoms. The summed E-state index contributed by atoms with van der Waals surface area (Å²) in [5, 5.41) is 6.11. The van der Waals surface area contributed by atoms with Crippen LogP contribution in [-0.2, 0) is 4.79 Å². The summed E-state index contributed by atoms with van der Waals surface area (Å²) in [4.78, 5) is 12.5. The van der Waals surface area contributed by atoms with Gasteiger partial charge in [0.1, 0.15) is 11.6 Å². The molecular formula is C15H21FN2O2. The van der Waals surface area contributed by atoms with Gasteiger partial charge < -0.3 is 15.4 Å². The molecular weight excluding hydrogens is 259 g/mol. The van der Waals surface area contributed by atoms with Crippen LogP contribution < -0.4 is 15.4 Å². The SMILES string of the molecule is CCOc1cc(F)ccc1NC(=O)C1(CC)CCNC1. The first-order valence-electron chi connectivity index (χ1n) is 7.06. The molecule has 0 aliphatic carbocycles. The molecule has 4 nitrogen and oxygen atoms in total. The van der Waals surface area contributed by atoms with Gasteiger partial charge in [-0.25, -0.2) is 4.39 Å². The summed E-state index contributed by atoms with van der Waals surface area (Å²) in [6.07, 6.45) is 1.59. The molecule has 0 aromatic heterocycles. The zero-order chi connectivity index (χ0) is 14.6. The van der Waals surface area contributed by atoms with E-state index >= 15 is 0 Å². The van der Waals surface area contributed by atoms with Crippen LogP contribution in [0.25, 0.3) is 0 Å². The molecule has 20 heavy (non-hydrogen) atoms. The van der Waals surface area contributed by atoms with Crippen molar-refractivity contribution in [2.75, 3.05) is 25.0 Å². The summed E-state index contributed by atoms with van der Waals surface area (Å²) in [5.74, 6) is -0.0326. The number of ether oxygens (including phenoxy) is 1. The maximum Gasteiger partial charge on any atom is 0.232 e. The Balaban J connectivity index is 2.18. The molecule has 1 aromatic rings. The second kappa shape index (κ2) is 6.22. The van der Waals surface area contributed by atoms with Crippen molar-refractivity contribution in [2.24, 2.45) is 5.41 Å². The summed E-state index contributed by atoms with van der Waals surface area (Å²) >= 11 is 0. The van der Waals surface area contributed by atoms with Crippen molar-refractivity contribution in [1.29, 1.82) is 0 Å². The van der Waals surface area contributed by atoms with Crippen molar-refractivity contribution in [3.8, 4) is 5.75 Å². The number of nitrogens with one attached hydrogen (secondary N) is 2. The lowest BCUT2D eigenvalue weighted by Crippen LogP contribution is -2.37. The van der Waals surface area contributed by atoms with Crippen LogP contribution in [0.5, 0.6) is 5.75 Å². The fourth-order valence-corrected chi connectivity index (χ4v) is 2.53. The van der Waals surface area contributed by atoms with Crippen LogP contribution in [0.15, 0.2) is 18.2 Å². The van der Waals surface area contributed by atoms with Crippen LogP contribution >= 0.6 is 0 Å². The highest BCUT2D eigenvalue weighted by atomic mass is 19.1. The number of rotatable bonds is 5. The number of amides is 1. The fraction of sp³-hybridized carbons (Fsp3) is 0.533. The molecule has 1 amide bonds. The lowest BCUT2D eigenvalue weighted by molar-refractivity contribution is -0.124. The second-order valence-electron chi connectivity index (χ2n) is 5.09. The van der Waals surface area contributed by atoms with Crippen molar-refractivity contribution in [1.82, 2.24) is 5.32 Å². The van der Waals surface area contributed by atoms with E-state index in [0.717, 1.165) is 19.4 Å². The Morgan fingerprint density at radius 2 is 2.30 bits per heavy atom. The summed E-state index contributed by atoms with van der Waals surface area (Å²) in [5.41, 5.74) is 0.149. The van der Waals surface area contributed by atoms with Gasteiger partial charge in [-0.2, -0.15) is 0 Å². The van der Waals surface area contributed by atoms with E-state index in [1.165, 1.54) is 12.1 Å². The molecule has 0 radical (unpaired) electrons. The van der Waals surface area contributed by atoms with Gasteiger partial charge in [-0.05, 0) is 38.4 Å². The molecule has 1 atom stereocenters. The van der Waals surface area contributed by atoms with Crippen LogP contribution in [0.3, 0.4) is 0 Å². The third kappa shape index (κ3) is 2.93. The van der Waals surface area contributed by atoms with E-state index in [1.54, 1.807) is 6.07 Å². The zero-order valence-electron chi connectivity index (χ0n) is 12.0. The van der Waals surface area contributed by atoms with Crippen LogP contribution in [0.2, 0.25) is 0 Å². The number of carbonyl (C=O) groups excluding carboxylic acids is 1. The molecule has 110 valence electrons. The highest BCUT2D eigenvalue weighted by Gasteiger charge is 2.39. The molecule has 0 saturated carbocycles. The highest BCUT2D eigenvalue weighted by molar-refractivity contribution is 5.97. The van der Waals surface area contributed by atoms with Crippen molar-refractivity contribution in [3.05, 3.63) is 24.0 Å². The zero-order valence-corrected chi connectivity index (χ0v) is 12.0. The van der Waals surface area contributed by atoms with E-state index in [9.17, 15) is 9.18 Å². The van der Waals surface area contributed by atoms with Gasteiger partial charge in [0, 0.05) is 12.6 Å². The molecule has 1 aliphatic rings. The number of halogens is 1. The van der Waals surface area contributed by atoms with E-state index < -0.39 is 0 Å². The van der Waals surface area contributed by atoms with Crippen molar-refractivity contribution in [3.63, 3.8) is 0 Å². The van der Waals surface area contributed by atoms with Gasteiger partial charge in [0.15, 0.2) is 0 Å². The fourth-order valence-electron chi connectivity index (χ4n) is 2.53. The number of hydrogen-bond acceptors (Lipinski definition) is 3. The van der Waals surface area contributed by atoms with Crippen LogP contribution in [-0.4, -0.2) is 25.6 Å². The summed E-state index contributed by atoms with van der Waals surface area (Å²) in [6.45, 7) is 5.79. The third-order valence-corrected chi connectivity index (χ3v) is 3.89. The number of carbonyl (C=O) groups is 1. The highest BCUT2D eigenvalue weighted by Crippen LogP contribution is 2.33. The summed E-state index contributed by atoms with van der Waals surface area (Å²) < 4.78 is 18.6. The number of hydrogen-bond donors (Lipinski definition) is 2. The second-order valence-corrected chi connectivity index (χ2v) is 5.09. The predicted molar refractivity (Wildman–Crippen MR) is 76.4 cm³/mol. The molecule has 5 heteroatoms. The molecule has 2 N–H and O–H groups in total. The third-order valence-electron chi connectivity index (χ3n) is 3.89. The molecule has 1 aliphatic heterocycles. The normalized spacial score (nSPS) is 21.8. The lowest BCUT2D eigenvalue weighted by atomic mass is 9.83. The van der Waals surface area contributed by atoms with Crippen LogP contribution in [0.1, 0.15) is 26.7 Å². The van der Waals surface area contributed by atoms with Crippen molar-refractivity contribution < 1.29 is 13.9 Å². The van der Waals surface area contributed by atoms with Gasteiger partial charge in [-0.15, -0.1) is 0 Å². The van der Waals surface area contributed by atoms with Crippen LogP contribution in [0.4, 0.5) is 10.1 Å². The van der Waals surface area contributed by atoms with Gasteiger partial charge in [0.05, 0.1) is 17.7 Å². The Hall–Kier alpha value is -1.62. The Bertz CT molecular complexity index is 485. The maximum atomic E-state index is 13.2. The monoisotopic (exact) mass is 280 g/mol. The first kappa shape index (κ1) is 14.8. The van der Waals surface area contributed by atoms with E-state index in [0.29, 0.717) is 24.6 Å². The standard InChI is InChI=1S/C15H21FN2O2/c1-3-15(7-8-17-10-15)14(19)18-12-6-5-11(16)9-13(12)20-4-2/h5-6,9,17H,3-4,7-8,10H2,1-2H3,(H,18,19). The minimum absolute atomic E-state index is 0.0300. The van der Waals surface area contributed by atoms with E-state index in [2.05, 4.69) is 10.6 Å². The predicted octanol–water partition coefficient (Wildman–Crippen LogP) is 2.55. The first-order valence-corrected chi connectivity index (χ1v) is 7.06. The summed E-state index contributed by atoms with van der Waals surface area (Å²) in [6, 6.07) is 4.16. The largest absolute Gasteiger partial charge is 0.492 e. The lowest BCUT2D eigenvalue weighted by Gasteiger charge is -2.25. The molecule has 2 rings (SSSR count). The molecule has 1 fully saturated rings. The van der Waals surface area contributed by atoms with E-state index in [1.807, 2.05) is 13.8 Å². The smallest absolute Gasteiger partial charge is 0.232 e. The van der Waals surface area contributed by atoms with Gasteiger partial charge >= 0.3 is 0 Å². The Morgan fingerprint density at radius 3 is 2.90 bits per heavy atom. The minimum Gasteiger partial charge on any atom is -0.492 e. The van der Waals surface area contributed by atoms with Gasteiger partial charge in [0.2, 0.25) is 5.91 Å². The molecule has 1 saturated heterocycles. The quantitative estimate of drug-likeness (QED) is 0.871. The average Bonchev–Trinajstić information content (AvgIpc) is 2.92. The van der Waals surface area contributed by atoms with Crippen molar-refractivity contribution >= 4 is 11.6 Å². The molecule has 1 heterocycles. The van der Waals surface area contributed by atoms with Crippen LogP contribution in [0, 0.1) is 11.2 Å². The Kier molecular flexibility index (Phi) is 4.60. The first-order chi connectivity index (χ1) is 9.61. The number of anilines is 1. The van der Waals surface area contributed by atoms with Gasteiger partial charge in [-0.3, -0.25) is 4.79 Å².